The minimum Gasteiger partial charge on any atom is -0.463 e. The summed E-state index contributed by atoms with van der Waals surface area (Å²) in [5.74, 6) is 1.53. The van der Waals surface area contributed by atoms with Gasteiger partial charge >= 0.3 is 0 Å². The molecule has 0 fully saturated rings. The van der Waals surface area contributed by atoms with Crippen molar-refractivity contribution in [3.8, 4) is 11.5 Å². The second-order valence-corrected chi connectivity index (χ2v) is 8.01. The van der Waals surface area contributed by atoms with E-state index in [1.807, 2.05) is 22.9 Å². The summed E-state index contributed by atoms with van der Waals surface area (Å²) < 4.78 is 5.29. The van der Waals surface area contributed by atoms with Gasteiger partial charge in [0.1, 0.15) is 11.5 Å². The standard InChI is InChI=1S/C16H13N5O2S3/c22-14(19-15-17-11(8-25-15)12-4-1-5-23-12)9-26-16-18-13(20-21-16)7-10-3-2-6-24-10/h1-6,8H,7,9H2,(H,17,19,22)(H,18,20,21). The first-order valence-electron chi connectivity index (χ1n) is 7.62. The number of rotatable bonds is 7. The summed E-state index contributed by atoms with van der Waals surface area (Å²) in [4.78, 5) is 22.0. The Morgan fingerprint density at radius 3 is 3.04 bits per heavy atom. The van der Waals surface area contributed by atoms with Crippen molar-refractivity contribution in [2.75, 3.05) is 11.1 Å². The number of nitrogens with zero attached hydrogens (tertiary/aromatic N) is 3. The number of carbonyl (C=O) groups is 1. The highest BCUT2D eigenvalue weighted by Gasteiger charge is 2.12. The van der Waals surface area contributed by atoms with Crippen LogP contribution in [0, 0.1) is 0 Å². The molecule has 10 heteroatoms. The fourth-order valence-corrected chi connectivity index (χ4v) is 4.20. The minimum atomic E-state index is -0.153. The van der Waals surface area contributed by atoms with E-state index in [-0.39, 0.29) is 11.7 Å². The smallest absolute Gasteiger partial charge is 0.236 e. The van der Waals surface area contributed by atoms with E-state index in [1.165, 1.54) is 28.0 Å². The Bertz CT molecular complexity index is 976. The number of thiazole rings is 1. The Morgan fingerprint density at radius 2 is 2.23 bits per heavy atom. The van der Waals surface area contributed by atoms with Crippen LogP contribution in [0.4, 0.5) is 5.13 Å². The molecule has 7 nitrogen and oxygen atoms in total. The molecule has 0 atom stereocenters. The van der Waals surface area contributed by atoms with Crippen LogP contribution in [0.5, 0.6) is 0 Å². The number of H-pyrrole nitrogens is 1. The number of thiophene rings is 1. The van der Waals surface area contributed by atoms with Crippen LogP contribution < -0.4 is 5.32 Å². The number of hydrogen-bond donors (Lipinski definition) is 2. The number of carbonyl (C=O) groups excluding carboxylic acids is 1. The van der Waals surface area contributed by atoms with Crippen molar-refractivity contribution in [3.63, 3.8) is 0 Å². The number of anilines is 1. The molecule has 2 N–H and O–H groups in total. The molecule has 4 rings (SSSR count). The van der Waals surface area contributed by atoms with Crippen LogP contribution in [-0.2, 0) is 11.2 Å². The van der Waals surface area contributed by atoms with E-state index in [4.69, 9.17) is 4.42 Å². The molecule has 0 aliphatic carbocycles. The summed E-state index contributed by atoms with van der Waals surface area (Å²) in [6.45, 7) is 0. The Labute approximate surface area is 160 Å². The van der Waals surface area contributed by atoms with Gasteiger partial charge < -0.3 is 9.73 Å². The summed E-state index contributed by atoms with van der Waals surface area (Å²) in [5, 5.41) is 14.8. The van der Waals surface area contributed by atoms with E-state index in [0.717, 1.165) is 5.82 Å². The molecule has 0 saturated carbocycles. The van der Waals surface area contributed by atoms with Crippen molar-refractivity contribution in [2.45, 2.75) is 11.6 Å². The molecule has 0 radical (unpaired) electrons. The average Bonchev–Trinajstić information content (AvgIpc) is 3.41. The van der Waals surface area contributed by atoms with Crippen molar-refractivity contribution in [3.05, 3.63) is 52.0 Å². The monoisotopic (exact) mass is 403 g/mol. The number of aromatic amines is 1. The number of aromatic nitrogens is 4. The third-order valence-electron chi connectivity index (χ3n) is 3.29. The van der Waals surface area contributed by atoms with Crippen molar-refractivity contribution in [2.24, 2.45) is 0 Å². The summed E-state index contributed by atoms with van der Waals surface area (Å²) in [6.07, 6.45) is 2.30. The van der Waals surface area contributed by atoms with Crippen LogP contribution in [0.2, 0.25) is 0 Å². The zero-order chi connectivity index (χ0) is 17.8. The second-order valence-electron chi connectivity index (χ2n) is 5.17. The molecule has 0 spiro atoms. The number of hydrogen-bond acceptors (Lipinski definition) is 8. The SMILES string of the molecule is O=C(CSc1n[nH]c(Cc2cccs2)n1)Nc1nc(-c2ccco2)cs1. The summed E-state index contributed by atoms with van der Waals surface area (Å²) in [6, 6.07) is 7.69. The molecule has 0 bridgehead atoms. The van der Waals surface area contributed by atoms with Crippen LogP contribution in [0.3, 0.4) is 0 Å². The molecular formula is C16H13N5O2S3. The molecule has 4 aromatic rings. The fourth-order valence-electron chi connectivity index (χ4n) is 2.15. The molecule has 132 valence electrons. The first-order chi connectivity index (χ1) is 12.8. The number of furan rings is 1. The number of thioether (sulfide) groups is 1. The Hall–Kier alpha value is -2.43. The molecule has 0 aliphatic rings. The first-order valence-corrected chi connectivity index (χ1v) is 10.4. The van der Waals surface area contributed by atoms with Crippen molar-refractivity contribution < 1.29 is 9.21 Å². The molecule has 4 aromatic heterocycles. The molecule has 0 saturated heterocycles. The summed E-state index contributed by atoms with van der Waals surface area (Å²) >= 11 is 4.31. The van der Waals surface area contributed by atoms with Crippen molar-refractivity contribution in [1.29, 1.82) is 0 Å². The normalized spacial score (nSPS) is 10.9. The van der Waals surface area contributed by atoms with Gasteiger partial charge in [0.15, 0.2) is 10.9 Å². The largest absolute Gasteiger partial charge is 0.463 e. The van der Waals surface area contributed by atoms with E-state index < -0.39 is 0 Å². The zero-order valence-electron chi connectivity index (χ0n) is 13.3. The fraction of sp³-hybridized carbons (Fsp3) is 0.125. The van der Waals surface area contributed by atoms with Gasteiger partial charge in [-0.25, -0.2) is 9.97 Å². The highest BCUT2D eigenvalue weighted by Crippen LogP contribution is 2.25. The van der Waals surface area contributed by atoms with Crippen molar-refractivity contribution >= 4 is 45.5 Å². The average molecular weight is 404 g/mol. The molecule has 26 heavy (non-hydrogen) atoms. The van der Waals surface area contributed by atoms with E-state index >= 15 is 0 Å². The van der Waals surface area contributed by atoms with Gasteiger partial charge in [-0.1, -0.05) is 17.8 Å². The lowest BCUT2D eigenvalue weighted by atomic mass is 10.3. The van der Waals surface area contributed by atoms with Crippen LogP contribution >= 0.6 is 34.4 Å². The quantitative estimate of drug-likeness (QED) is 0.454. The van der Waals surface area contributed by atoms with Crippen LogP contribution in [-0.4, -0.2) is 31.8 Å². The highest BCUT2D eigenvalue weighted by atomic mass is 32.2. The zero-order valence-corrected chi connectivity index (χ0v) is 15.8. The molecule has 0 unspecified atom stereocenters. The summed E-state index contributed by atoms with van der Waals surface area (Å²) in [7, 11) is 0. The second kappa shape index (κ2) is 7.85. The van der Waals surface area contributed by atoms with E-state index in [9.17, 15) is 4.79 Å². The molecule has 4 heterocycles. The van der Waals surface area contributed by atoms with E-state index in [1.54, 1.807) is 23.7 Å². The lowest BCUT2D eigenvalue weighted by Crippen LogP contribution is -2.13. The van der Waals surface area contributed by atoms with Gasteiger partial charge in [-0.15, -0.1) is 27.8 Å². The molecule has 1 amide bonds. The van der Waals surface area contributed by atoms with Gasteiger partial charge in [0, 0.05) is 16.7 Å². The van der Waals surface area contributed by atoms with Gasteiger partial charge in [0.2, 0.25) is 11.1 Å². The van der Waals surface area contributed by atoms with Crippen LogP contribution in [0.25, 0.3) is 11.5 Å². The number of nitrogens with one attached hydrogen (secondary N) is 2. The third-order valence-corrected chi connectivity index (χ3v) is 5.77. The maximum Gasteiger partial charge on any atom is 0.236 e. The number of amides is 1. The summed E-state index contributed by atoms with van der Waals surface area (Å²) in [5.41, 5.74) is 0.704. The van der Waals surface area contributed by atoms with Crippen LogP contribution in [0.15, 0.2) is 50.9 Å². The molecular weight excluding hydrogens is 390 g/mol. The van der Waals surface area contributed by atoms with Gasteiger partial charge in [-0.2, -0.15) is 0 Å². The first kappa shape index (κ1) is 17.0. The lowest BCUT2D eigenvalue weighted by Gasteiger charge is -1.99. The lowest BCUT2D eigenvalue weighted by molar-refractivity contribution is -0.113. The Morgan fingerprint density at radius 1 is 1.27 bits per heavy atom. The Kier molecular flexibility index (Phi) is 5.14. The van der Waals surface area contributed by atoms with Gasteiger partial charge in [0.25, 0.3) is 0 Å². The van der Waals surface area contributed by atoms with Gasteiger partial charge in [-0.05, 0) is 23.6 Å². The third kappa shape index (κ3) is 4.21. The predicted molar refractivity (Wildman–Crippen MR) is 103 cm³/mol. The molecule has 0 aliphatic heterocycles. The van der Waals surface area contributed by atoms with E-state index in [2.05, 4.69) is 31.5 Å². The van der Waals surface area contributed by atoms with Gasteiger partial charge in [0.05, 0.1) is 12.0 Å². The predicted octanol–water partition coefficient (Wildman–Crippen LogP) is 3.90. The van der Waals surface area contributed by atoms with Crippen molar-refractivity contribution in [1.82, 2.24) is 20.2 Å². The van der Waals surface area contributed by atoms with Crippen LogP contribution in [0.1, 0.15) is 10.7 Å². The topological polar surface area (TPSA) is 96.7 Å². The van der Waals surface area contributed by atoms with Gasteiger partial charge in [-0.3, -0.25) is 9.89 Å². The maximum atomic E-state index is 12.1. The Balaban J connectivity index is 1.28. The minimum absolute atomic E-state index is 0.153. The molecule has 0 aromatic carbocycles. The maximum absolute atomic E-state index is 12.1. The van der Waals surface area contributed by atoms with E-state index in [0.29, 0.717) is 28.2 Å². The highest BCUT2D eigenvalue weighted by molar-refractivity contribution is 7.99.